The van der Waals surface area contributed by atoms with Gasteiger partial charge < -0.3 is 4.74 Å². The average Bonchev–Trinajstić information content (AvgIpc) is 1.82. The molecule has 0 spiro atoms. The number of alkyl halides is 3. The van der Waals surface area contributed by atoms with Crippen LogP contribution in [0.5, 0.6) is 0 Å². The molecule has 0 aromatic heterocycles. The first-order chi connectivity index (χ1) is 5.63. The Morgan fingerprint density at radius 1 is 1.31 bits per heavy atom. The van der Waals surface area contributed by atoms with E-state index in [1.807, 2.05) is 19.6 Å². The van der Waals surface area contributed by atoms with Crippen molar-refractivity contribution in [2.24, 2.45) is 0 Å². The maximum Gasteiger partial charge on any atom is 0.490 e. The lowest BCUT2D eigenvalue weighted by molar-refractivity contribution is -0.199. The van der Waals surface area contributed by atoms with Gasteiger partial charge >= 0.3 is 12.1 Å². The molecule has 0 fully saturated rings. The fraction of sp³-hybridized carbons (Fsp3) is 0.857. The second-order valence-corrected chi connectivity index (χ2v) is 9.57. The predicted octanol–water partition coefficient (Wildman–Crippen LogP) is 2.43. The van der Waals surface area contributed by atoms with Crippen molar-refractivity contribution in [1.82, 2.24) is 0 Å². The van der Waals surface area contributed by atoms with Crippen LogP contribution in [0.3, 0.4) is 0 Å². The van der Waals surface area contributed by atoms with E-state index in [2.05, 4.69) is 4.74 Å². The van der Waals surface area contributed by atoms with Crippen molar-refractivity contribution in [2.45, 2.75) is 31.9 Å². The van der Waals surface area contributed by atoms with Crippen LogP contribution in [0, 0.1) is 0 Å². The molecule has 0 saturated carbocycles. The molecule has 0 amide bonds. The van der Waals surface area contributed by atoms with E-state index < -0.39 is 20.2 Å². The molecule has 0 N–H and O–H groups in total. The Morgan fingerprint density at radius 2 is 1.77 bits per heavy atom. The molecule has 0 aromatic carbocycles. The molecule has 6 heteroatoms. The summed E-state index contributed by atoms with van der Waals surface area (Å²) in [5.41, 5.74) is 0. The van der Waals surface area contributed by atoms with Gasteiger partial charge in [-0.1, -0.05) is 19.6 Å². The van der Waals surface area contributed by atoms with E-state index >= 15 is 0 Å². The summed E-state index contributed by atoms with van der Waals surface area (Å²) in [7, 11) is -1.43. The minimum atomic E-state index is -4.86. The van der Waals surface area contributed by atoms with Gasteiger partial charge in [0, 0.05) is 8.07 Å². The minimum Gasteiger partial charge on any atom is -0.459 e. The van der Waals surface area contributed by atoms with Crippen LogP contribution in [0.4, 0.5) is 13.2 Å². The zero-order valence-electron chi connectivity index (χ0n) is 7.86. The van der Waals surface area contributed by atoms with Crippen LogP contribution in [0.25, 0.3) is 0 Å². The maximum atomic E-state index is 11.6. The summed E-state index contributed by atoms with van der Waals surface area (Å²) in [5.74, 6) is -2.09. The van der Waals surface area contributed by atoms with Gasteiger partial charge in [0.15, 0.2) is 0 Å². The summed E-state index contributed by atoms with van der Waals surface area (Å²) in [5, 5.41) is 0. The van der Waals surface area contributed by atoms with Crippen molar-refractivity contribution in [3.05, 3.63) is 0 Å². The topological polar surface area (TPSA) is 26.3 Å². The highest BCUT2D eigenvalue weighted by Crippen LogP contribution is 2.17. The molecule has 0 unspecified atom stereocenters. The van der Waals surface area contributed by atoms with Crippen LogP contribution in [0.1, 0.15) is 0 Å². The van der Waals surface area contributed by atoms with Crippen LogP contribution >= 0.6 is 0 Å². The maximum absolute atomic E-state index is 11.6. The third-order valence-corrected chi connectivity index (χ3v) is 3.02. The fourth-order valence-corrected chi connectivity index (χ4v) is 1.25. The molecule has 0 heterocycles. The number of esters is 1. The van der Waals surface area contributed by atoms with Gasteiger partial charge in [-0.15, -0.1) is 0 Å². The Balaban J connectivity index is 3.74. The summed E-state index contributed by atoms with van der Waals surface area (Å²) in [6.07, 6.45) is -4.86. The molecular formula is C7H13F3O2Si. The van der Waals surface area contributed by atoms with Crippen LogP contribution in [-0.4, -0.2) is 26.8 Å². The normalized spacial score (nSPS) is 12.8. The summed E-state index contributed by atoms with van der Waals surface area (Å²) < 4.78 is 38.9. The largest absolute Gasteiger partial charge is 0.490 e. The number of carbonyl (C=O) groups excluding carboxylic acids is 1. The molecule has 0 atom stereocenters. The van der Waals surface area contributed by atoms with E-state index in [4.69, 9.17) is 0 Å². The van der Waals surface area contributed by atoms with E-state index in [0.29, 0.717) is 6.04 Å². The molecule has 0 bridgehead atoms. The van der Waals surface area contributed by atoms with Gasteiger partial charge in [0.2, 0.25) is 0 Å². The van der Waals surface area contributed by atoms with E-state index in [9.17, 15) is 18.0 Å². The zero-order chi connectivity index (χ0) is 10.7. The summed E-state index contributed by atoms with van der Waals surface area (Å²) in [4.78, 5) is 10.2. The fourth-order valence-electron chi connectivity index (χ4n) is 0.532. The molecule has 0 rings (SSSR count). The van der Waals surface area contributed by atoms with Gasteiger partial charge in [-0.25, -0.2) is 4.79 Å². The highest BCUT2D eigenvalue weighted by Gasteiger charge is 2.40. The van der Waals surface area contributed by atoms with Crippen LogP contribution in [0.2, 0.25) is 25.7 Å². The first kappa shape index (κ1) is 12.5. The molecule has 0 radical (unpaired) electrons. The summed E-state index contributed by atoms with van der Waals surface area (Å²) in [6.45, 7) is 5.85. The van der Waals surface area contributed by atoms with Crippen molar-refractivity contribution in [2.75, 3.05) is 6.61 Å². The number of hydrogen-bond donors (Lipinski definition) is 0. The lowest BCUT2D eigenvalue weighted by Gasteiger charge is -2.15. The minimum absolute atomic E-state index is 0.131. The van der Waals surface area contributed by atoms with Gasteiger partial charge in [-0.3, -0.25) is 0 Å². The third kappa shape index (κ3) is 6.62. The number of hydrogen-bond acceptors (Lipinski definition) is 2. The molecule has 78 valence electrons. The molecule has 0 aliphatic rings. The Bertz CT molecular complexity index is 183. The Hall–Kier alpha value is -0.523. The highest BCUT2D eigenvalue weighted by atomic mass is 28.3. The lowest BCUT2D eigenvalue weighted by Crippen LogP contribution is -2.28. The van der Waals surface area contributed by atoms with E-state index in [0.717, 1.165) is 0 Å². The van der Waals surface area contributed by atoms with Crippen molar-refractivity contribution in [3.8, 4) is 0 Å². The van der Waals surface area contributed by atoms with Crippen molar-refractivity contribution < 1.29 is 22.7 Å². The highest BCUT2D eigenvalue weighted by molar-refractivity contribution is 6.76. The van der Waals surface area contributed by atoms with E-state index in [-0.39, 0.29) is 6.61 Å². The van der Waals surface area contributed by atoms with Gasteiger partial charge in [0.25, 0.3) is 0 Å². The SMILES string of the molecule is C[Si](C)(C)CCOC(=O)C(F)(F)F. The number of carbonyl (C=O) groups is 1. The average molecular weight is 214 g/mol. The van der Waals surface area contributed by atoms with Crippen LogP contribution in [0.15, 0.2) is 0 Å². The molecule has 13 heavy (non-hydrogen) atoms. The Kier molecular flexibility index (Phi) is 3.96. The Morgan fingerprint density at radius 3 is 2.08 bits per heavy atom. The quantitative estimate of drug-likeness (QED) is 0.532. The molecular weight excluding hydrogens is 201 g/mol. The van der Waals surface area contributed by atoms with Crippen LogP contribution in [-0.2, 0) is 9.53 Å². The predicted molar refractivity (Wildman–Crippen MR) is 45.2 cm³/mol. The number of halogens is 3. The third-order valence-electron chi connectivity index (χ3n) is 1.32. The van der Waals surface area contributed by atoms with Crippen LogP contribution < -0.4 is 0 Å². The van der Waals surface area contributed by atoms with Gasteiger partial charge in [-0.05, 0) is 6.04 Å². The summed E-state index contributed by atoms with van der Waals surface area (Å²) in [6, 6.07) is 0.550. The van der Waals surface area contributed by atoms with Gasteiger partial charge in [0.1, 0.15) is 0 Å². The lowest BCUT2D eigenvalue weighted by atomic mass is 10.6. The first-order valence-corrected chi connectivity index (χ1v) is 7.57. The zero-order valence-corrected chi connectivity index (χ0v) is 8.86. The number of ether oxygens (including phenoxy) is 1. The summed E-state index contributed by atoms with van der Waals surface area (Å²) >= 11 is 0. The molecule has 0 aliphatic heterocycles. The molecule has 0 aromatic rings. The smallest absolute Gasteiger partial charge is 0.459 e. The van der Waals surface area contributed by atoms with E-state index in [1.165, 1.54) is 0 Å². The monoisotopic (exact) mass is 214 g/mol. The second kappa shape index (κ2) is 4.12. The molecule has 0 aliphatic carbocycles. The molecule has 0 saturated heterocycles. The second-order valence-electron chi connectivity index (χ2n) is 3.94. The standard InChI is InChI=1S/C7H13F3O2Si/c1-13(2,3)5-4-12-6(11)7(8,9)10/h4-5H2,1-3H3. The van der Waals surface area contributed by atoms with Crippen molar-refractivity contribution in [3.63, 3.8) is 0 Å². The first-order valence-electron chi connectivity index (χ1n) is 3.87. The Labute approximate surface area is 76.1 Å². The van der Waals surface area contributed by atoms with Crippen molar-refractivity contribution in [1.29, 1.82) is 0 Å². The van der Waals surface area contributed by atoms with Crippen molar-refractivity contribution >= 4 is 14.0 Å². The van der Waals surface area contributed by atoms with Gasteiger partial charge in [0.05, 0.1) is 6.61 Å². The number of rotatable bonds is 3. The molecule has 2 nitrogen and oxygen atoms in total. The van der Waals surface area contributed by atoms with Gasteiger partial charge in [-0.2, -0.15) is 13.2 Å². The van der Waals surface area contributed by atoms with E-state index in [1.54, 1.807) is 0 Å².